The molecule has 0 radical (unpaired) electrons. The maximum Gasteiger partial charge on any atom is 0.261 e. The normalized spacial score (nSPS) is 14.6. The fraction of sp³-hybridized carbons (Fsp3) is 0.107. The van der Waals surface area contributed by atoms with Crippen LogP contribution >= 0.6 is 11.6 Å². The Labute approximate surface area is 213 Å². The molecule has 0 saturated carbocycles. The number of allylic oxidation sites excluding steroid dienone is 1. The molecule has 4 aromatic rings. The molecule has 3 aromatic carbocycles. The van der Waals surface area contributed by atoms with Gasteiger partial charge < -0.3 is 16.0 Å². The third-order valence-electron chi connectivity index (χ3n) is 6.02. The van der Waals surface area contributed by atoms with Crippen LogP contribution in [0.15, 0.2) is 96.3 Å². The zero-order valence-corrected chi connectivity index (χ0v) is 20.5. The second-order valence-corrected chi connectivity index (χ2v) is 9.05. The van der Waals surface area contributed by atoms with Gasteiger partial charge in [0.15, 0.2) is 0 Å². The Balaban J connectivity index is 1.54. The van der Waals surface area contributed by atoms with E-state index in [1.807, 2.05) is 80.6 Å². The quantitative estimate of drug-likeness (QED) is 0.314. The second kappa shape index (κ2) is 9.71. The molecular formula is C28H24ClN5O2. The van der Waals surface area contributed by atoms with Gasteiger partial charge in [0, 0.05) is 22.1 Å². The zero-order valence-electron chi connectivity index (χ0n) is 19.7. The number of nitrogens with one attached hydrogen (secondary N) is 3. The van der Waals surface area contributed by atoms with Crippen LogP contribution in [-0.4, -0.2) is 21.6 Å². The number of anilines is 3. The number of hydrogen-bond donors (Lipinski definition) is 3. The maximum absolute atomic E-state index is 13.5. The van der Waals surface area contributed by atoms with Gasteiger partial charge in [-0.25, -0.2) is 4.68 Å². The number of fused-ring (bicyclic) bond motifs is 1. The van der Waals surface area contributed by atoms with Crippen LogP contribution in [0.4, 0.5) is 17.2 Å². The minimum Gasteiger partial charge on any atom is -0.343 e. The summed E-state index contributed by atoms with van der Waals surface area (Å²) in [7, 11) is 0. The molecular weight excluding hydrogens is 474 g/mol. The lowest BCUT2D eigenvalue weighted by Crippen LogP contribution is -2.32. The molecule has 0 spiro atoms. The van der Waals surface area contributed by atoms with E-state index in [1.54, 1.807) is 16.8 Å². The standard InChI is InChI=1S/C28H24ClN5O2/c1-17-11-13-22(14-12-17)32-27(35)23-16-30-34-25(19-7-6-8-20(29)15-19)24(18(2)31-26(23)34)28(36)33-21-9-4-3-5-10-21/h3-16,25,31H,1-2H3,(H,32,35)(H,33,36)/t25-/m1/s1. The van der Waals surface area contributed by atoms with Crippen molar-refractivity contribution in [2.75, 3.05) is 16.0 Å². The Morgan fingerprint density at radius 2 is 1.58 bits per heavy atom. The molecule has 1 aromatic heterocycles. The van der Waals surface area contributed by atoms with Crippen molar-refractivity contribution in [3.63, 3.8) is 0 Å². The highest BCUT2D eigenvalue weighted by molar-refractivity contribution is 6.30. The molecule has 7 nitrogen and oxygen atoms in total. The minimum absolute atomic E-state index is 0.275. The average molecular weight is 498 g/mol. The average Bonchev–Trinajstić information content (AvgIpc) is 3.28. The molecule has 0 fully saturated rings. The van der Waals surface area contributed by atoms with Gasteiger partial charge in [0.2, 0.25) is 0 Å². The molecule has 8 heteroatoms. The molecule has 180 valence electrons. The number of aromatic nitrogens is 2. The van der Waals surface area contributed by atoms with E-state index in [-0.39, 0.29) is 11.8 Å². The van der Waals surface area contributed by atoms with Gasteiger partial charge in [-0.15, -0.1) is 0 Å². The molecule has 1 atom stereocenters. The first-order valence-corrected chi connectivity index (χ1v) is 11.8. The van der Waals surface area contributed by atoms with Crippen molar-refractivity contribution in [2.45, 2.75) is 19.9 Å². The van der Waals surface area contributed by atoms with Crippen LogP contribution < -0.4 is 16.0 Å². The van der Waals surface area contributed by atoms with E-state index in [1.165, 1.54) is 6.20 Å². The molecule has 2 heterocycles. The SMILES string of the molecule is CC1=C(C(=O)Nc2ccccc2)[C@@H](c2cccc(Cl)c2)n2ncc(C(=O)Nc3ccc(C)cc3)c2N1. The highest BCUT2D eigenvalue weighted by atomic mass is 35.5. The summed E-state index contributed by atoms with van der Waals surface area (Å²) in [6.45, 7) is 3.80. The van der Waals surface area contributed by atoms with Crippen LogP contribution in [0.1, 0.15) is 34.5 Å². The first kappa shape index (κ1) is 23.4. The van der Waals surface area contributed by atoms with Crippen molar-refractivity contribution in [3.8, 4) is 0 Å². The number of carbonyl (C=O) groups is 2. The van der Waals surface area contributed by atoms with Gasteiger partial charge in [-0.2, -0.15) is 5.10 Å². The van der Waals surface area contributed by atoms with Crippen LogP contribution in [0.2, 0.25) is 5.02 Å². The fourth-order valence-electron chi connectivity index (χ4n) is 4.26. The van der Waals surface area contributed by atoms with E-state index in [4.69, 9.17) is 11.6 Å². The Hall–Kier alpha value is -4.36. The summed E-state index contributed by atoms with van der Waals surface area (Å²) in [5.74, 6) is -0.0798. The molecule has 3 N–H and O–H groups in total. The first-order chi connectivity index (χ1) is 17.4. The van der Waals surface area contributed by atoms with Crippen molar-refractivity contribution in [2.24, 2.45) is 0 Å². The number of rotatable bonds is 5. The molecule has 36 heavy (non-hydrogen) atoms. The topological polar surface area (TPSA) is 88.0 Å². The molecule has 0 aliphatic carbocycles. The predicted molar refractivity (Wildman–Crippen MR) is 142 cm³/mol. The van der Waals surface area contributed by atoms with Gasteiger partial charge >= 0.3 is 0 Å². The third-order valence-corrected chi connectivity index (χ3v) is 6.25. The van der Waals surface area contributed by atoms with Crippen molar-refractivity contribution >= 4 is 40.6 Å². The number of nitrogens with zero attached hydrogens (tertiary/aromatic N) is 2. The molecule has 2 amide bonds. The second-order valence-electron chi connectivity index (χ2n) is 8.61. The number of para-hydroxylation sites is 1. The number of benzene rings is 3. The fourth-order valence-corrected chi connectivity index (χ4v) is 4.45. The summed E-state index contributed by atoms with van der Waals surface area (Å²) in [5, 5.41) is 14.2. The summed E-state index contributed by atoms with van der Waals surface area (Å²) in [5.41, 5.74) is 4.69. The number of amides is 2. The van der Waals surface area contributed by atoms with E-state index in [9.17, 15) is 9.59 Å². The minimum atomic E-state index is -0.593. The summed E-state index contributed by atoms with van der Waals surface area (Å²) in [4.78, 5) is 26.7. The smallest absolute Gasteiger partial charge is 0.261 e. The Kier molecular flexibility index (Phi) is 6.31. The Bertz CT molecular complexity index is 1480. The third kappa shape index (κ3) is 4.61. The molecule has 0 unspecified atom stereocenters. The van der Waals surface area contributed by atoms with Gasteiger partial charge in [0.05, 0.1) is 11.8 Å². The molecule has 1 aliphatic rings. The lowest BCUT2D eigenvalue weighted by atomic mass is 9.94. The summed E-state index contributed by atoms with van der Waals surface area (Å²) < 4.78 is 1.66. The molecule has 1 aliphatic heterocycles. The highest BCUT2D eigenvalue weighted by Gasteiger charge is 2.35. The van der Waals surface area contributed by atoms with Crippen molar-refractivity contribution in [1.29, 1.82) is 0 Å². The van der Waals surface area contributed by atoms with Crippen LogP contribution in [0.5, 0.6) is 0 Å². The van der Waals surface area contributed by atoms with Crippen LogP contribution in [-0.2, 0) is 4.79 Å². The van der Waals surface area contributed by atoms with Crippen LogP contribution in [0, 0.1) is 6.92 Å². The van der Waals surface area contributed by atoms with E-state index < -0.39 is 6.04 Å². The summed E-state index contributed by atoms with van der Waals surface area (Å²) in [6.07, 6.45) is 1.51. The van der Waals surface area contributed by atoms with E-state index in [0.717, 1.165) is 11.1 Å². The summed E-state index contributed by atoms with van der Waals surface area (Å²) in [6, 6.07) is 23.5. The lowest BCUT2D eigenvalue weighted by molar-refractivity contribution is -0.113. The van der Waals surface area contributed by atoms with E-state index >= 15 is 0 Å². The van der Waals surface area contributed by atoms with Crippen LogP contribution in [0.3, 0.4) is 0 Å². The van der Waals surface area contributed by atoms with Gasteiger partial charge in [-0.3, -0.25) is 9.59 Å². The van der Waals surface area contributed by atoms with Gasteiger partial charge in [-0.1, -0.05) is 59.6 Å². The molecule has 0 bridgehead atoms. The largest absolute Gasteiger partial charge is 0.343 e. The number of aryl methyl sites for hydroxylation is 1. The highest BCUT2D eigenvalue weighted by Crippen LogP contribution is 2.38. The zero-order chi connectivity index (χ0) is 25.2. The van der Waals surface area contributed by atoms with Gasteiger partial charge in [0.1, 0.15) is 17.4 Å². The molecule has 5 rings (SSSR count). The number of carbonyl (C=O) groups excluding carboxylic acids is 2. The van der Waals surface area contributed by atoms with Crippen molar-refractivity contribution < 1.29 is 9.59 Å². The van der Waals surface area contributed by atoms with Crippen LogP contribution in [0.25, 0.3) is 0 Å². The van der Waals surface area contributed by atoms with E-state index in [2.05, 4.69) is 21.0 Å². The Morgan fingerprint density at radius 1 is 0.889 bits per heavy atom. The number of hydrogen-bond acceptors (Lipinski definition) is 4. The van der Waals surface area contributed by atoms with Gasteiger partial charge in [-0.05, 0) is 55.8 Å². The first-order valence-electron chi connectivity index (χ1n) is 11.5. The monoisotopic (exact) mass is 497 g/mol. The lowest BCUT2D eigenvalue weighted by Gasteiger charge is -2.30. The van der Waals surface area contributed by atoms with E-state index in [0.29, 0.717) is 39.0 Å². The summed E-state index contributed by atoms with van der Waals surface area (Å²) >= 11 is 6.32. The maximum atomic E-state index is 13.5. The molecule has 0 saturated heterocycles. The predicted octanol–water partition coefficient (Wildman–Crippen LogP) is 6.02. The Morgan fingerprint density at radius 3 is 2.31 bits per heavy atom. The van der Waals surface area contributed by atoms with Crippen molar-refractivity contribution in [1.82, 2.24) is 9.78 Å². The van der Waals surface area contributed by atoms with Gasteiger partial charge in [0.25, 0.3) is 11.8 Å². The van der Waals surface area contributed by atoms with Crippen molar-refractivity contribution in [3.05, 3.63) is 118 Å². The number of halogens is 1.